The van der Waals surface area contributed by atoms with Crippen LogP contribution in [-0.4, -0.2) is 27.7 Å². The quantitative estimate of drug-likeness (QED) is 0.799. The number of benzene rings is 2. The maximum absolute atomic E-state index is 12.3. The summed E-state index contributed by atoms with van der Waals surface area (Å²) in [7, 11) is -3.74. The summed E-state index contributed by atoms with van der Waals surface area (Å²) in [6.45, 7) is 3.73. The summed E-state index contributed by atoms with van der Waals surface area (Å²) in [5.41, 5.74) is 2.45. The lowest BCUT2D eigenvalue weighted by atomic mass is 10.2. The molecule has 1 heterocycles. The van der Waals surface area contributed by atoms with Gasteiger partial charge in [0, 0.05) is 6.54 Å². The van der Waals surface area contributed by atoms with Gasteiger partial charge in [0.25, 0.3) is 0 Å². The number of rotatable bonds is 6. The molecule has 0 atom stereocenters. The van der Waals surface area contributed by atoms with E-state index in [4.69, 9.17) is 9.47 Å². The normalized spacial score (nSPS) is 12.8. The van der Waals surface area contributed by atoms with Gasteiger partial charge < -0.3 is 14.8 Å². The molecule has 1 amide bonds. The molecule has 0 unspecified atom stereocenters. The van der Waals surface area contributed by atoms with Gasteiger partial charge in [0.15, 0.2) is 11.5 Å². The van der Waals surface area contributed by atoms with E-state index in [1.165, 1.54) is 6.07 Å². The molecule has 0 spiro atoms. The van der Waals surface area contributed by atoms with Gasteiger partial charge in [0.1, 0.15) is 0 Å². The van der Waals surface area contributed by atoms with E-state index in [2.05, 4.69) is 10.0 Å². The number of ether oxygens (including phenoxy) is 2. The topological polar surface area (TPSA) is 93.7 Å². The van der Waals surface area contributed by atoms with Crippen LogP contribution in [0.2, 0.25) is 0 Å². The maximum atomic E-state index is 12.3. The number of fused-ring (bicyclic) bond motifs is 1. The molecule has 0 aromatic heterocycles. The zero-order valence-corrected chi connectivity index (χ0v) is 15.4. The average Bonchev–Trinajstić information content (AvgIpc) is 3.05. The van der Waals surface area contributed by atoms with Gasteiger partial charge in [-0.1, -0.05) is 23.8 Å². The molecule has 1 aliphatic heterocycles. The third-order valence-electron chi connectivity index (χ3n) is 3.97. The third-order valence-corrected chi connectivity index (χ3v) is 5.53. The molecule has 0 aliphatic carbocycles. The molecule has 26 heavy (non-hydrogen) atoms. The monoisotopic (exact) mass is 376 g/mol. The SMILES string of the molecule is Cc1ccc(S(=O)(=O)NCC(=O)NCc2ccc3c(c2)OCO3)c(C)c1. The first-order valence-corrected chi connectivity index (χ1v) is 9.55. The molecule has 0 radical (unpaired) electrons. The highest BCUT2D eigenvalue weighted by molar-refractivity contribution is 7.89. The number of hydrogen-bond donors (Lipinski definition) is 2. The van der Waals surface area contributed by atoms with Gasteiger partial charge >= 0.3 is 0 Å². The molecule has 138 valence electrons. The average molecular weight is 376 g/mol. The van der Waals surface area contributed by atoms with Crippen molar-refractivity contribution in [2.24, 2.45) is 0 Å². The Balaban J connectivity index is 1.55. The van der Waals surface area contributed by atoms with E-state index in [9.17, 15) is 13.2 Å². The molecule has 3 rings (SSSR count). The Morgan fingerprint density at radius 1 is 1.08 bits per heavy atom. The second-order valence-electron chi connectivity index (χ2n) is 6.06. The van der Waals surface area contributed by atoms with E-state index < -0.39 is 15.9 Å². The van der Waals surface area contributed by atoms with Crippen LogP contribution in [-0.2, 0) is 21.4 Å². The Morgan fingerprint density at radius 3 is 2.62 bits per heavy atom. The molecule has 0 saturated carbocycles. The minimum absolute atomic E-state index is 0.173. The minimum atomic E-state index is -3.74. The first-order valence-electron chi connectivity index (χ1n) is 8.07. The molecule has 2 aromatic rings. The van der Waals surface area contributed by atoms with Gasteiger partial charge in [-0.25, -0.2) is 13.1 Å². The predicted octanol–water partition coefficient (Wildman–Crippen LogP) is 1.63. The smallest absolute Gasteiger partial charge is 0.241 e. The van der Waals surface area contributed by atoms with Crippen LogP contribution in [0, 0.1) is 13.8 Å². The molecule has 1 aliphatic rings. The Labute approximate surface area is 152 Å². The van der Waals surface area contributed by atoms with E-state index in [1.54, 1.807) is 31.2 Å². The molecule has 2 aromatic carbocycles. The molecule has 0 bridgehead atoms. The van der Waals surface area contributed by atoms with Gasteiger partial charge in [-0.2, -0.15) is 0 Å². The largest absolute Gasteiger partial charge is 0.454 e. The van der Waals surface area contributed by atoms with Crippen LogP contribution in [0.5, 0.6) is 11.5 Å². The van der Waals surface area contributed by atoms with E-state index in [-0.39, 0.29) is 24.8 Å². The zero-order chi connectivity index (χ0) is 18.7. The van der Waals surface area contributed by atoms with Gasteiger partial charge in [0.05, 0.1) is 11.4 Å². The molecule has 2 N–H and O–H groups in total. The number of nitrogens with one attached hydrogen (secondary N) is 2. The first-order chi connectivity index (χ1) is 12.3. The molecule has 8 heteroatoms. The summed E-state index contributed by atoms with van der Waals surface area (Å²) >= 11 is 0. The van der Waals surface area contributed by atoms with Crippen LogP contribution >= 0.6 is 0 Å². The standard InChI is InChI=1S/C18H20N2O5S/c1-12-3-6-17(13(2)7-12)26(22,23)20-10-18(21)19-9-14-4-5-15-16(8-14)25-11-24-15/h3-8,20H,9-11H2,1-2H3,(H,19,21). The predicted molar refractivity (Wildman–Crippen MR) is 95.5 cm³/mol. The van der Waals surface area contributed by atoms with Crippen molar-refractivity contribution < 1.29 is 22.7 Å². The number of sulfonamides is 1. The lowest BCUT2D eigenvalue weighted by Gasteiger charge is -2.10. The van der Waals surface area contributed by atoms with E-state index >= 15 is 0 Å². The Hall–Kier alpha value is -2.58. The van der Waals surface area contributed by atoms with Crippen LogP contribution in [0.25, 0.3) is 0 Å². The second-order valence-corrected chi connectivity index (χ2v) is 7.79. The highest BCUT2D eigenvalue weighted by atomic mass is 32.2. The van der Waals surface area contributed by atoms with Gasteiger partial charge in [-0.05, 0) is 43.2 Å². The van der Waals surface area contributed by atoms with E-state index in [1.807, 2.05) is 13.0 Å². The van der Waals surface area contributed by atoms with Crippen LogP contribution in [0.3, 0.4) is 0 Å². The number of carbonyl (C=O) groups is 1. The van der Waals surface area contributed by atoms with Crippen molar-refractivity contribution in [3.05, 3.63) is 53.1 Å². The van der Waals surface area contributed by atoms with Crippen LogP contribution in [0.4, 0.5) is 0 Å². The van der Waals surface area contributed by atoms with Crippen molar-refractivity contribution in [2.45, 2.75) is 25.3 Å². The van der Waals surface area contributed by atoms with Crippen molar-refractivity contribution in [3.63, 3.8) is 0 Å². The van der Waals surface area contributed by atoms with Crippen molar-refractivity contribution in [1.29, 1.82) is 0 Å². The van der Waals surface area contributed by atoms with Gasteiger partial charge in [-0.15, -0.1) is 0 Å². The van der Waals surface area contributed by atoms with Crippen molar-refractivity contribution >= 4 is 15.9 Å². The zero-order valence-electron chi connectivity index (χ0n) is 14.5. The fourth-order valence-corrected chi connectivity index (χ4v) is 3.86. The number of amides is 1. The highest BCUT2D eigenvalue weighted by Gasteiger charge is 2.18. The number of aryl methyl sites for hydroxylation is 2. The molecule has 0 saturated heterocycles. The second kappa shape index (κ2) is 7.35. The Bertz CT molecular complexity index is 941. The van der Waals surface area contributed by atoms with Crippen LogP contribution in [0.15, 0.2) is 41.3 Å². The molecular weight excluding hydrogens is 356 g/mol. The summed E-state index contributed by atoms with van der Waals surface area (Å²) < 4.78 is 37.5. The number of hydrogen-bond acceptors (Lipinski definition) is 5. The van der Waals surface area contributed by atoms with E-state index in [0.717, 1.165) is 11.1 Å². The van der Waals surface area contributed by atoms with Crippen LogP contribution < -0.4 is 19.5 Å². The summed E-state index contributed by atoms with van der Waals surface area (Å²) in [6, 6.07) is 10.4. The lowest BCUT2D eigenvalue weighted by Crippen LogP contribution is -2.36. The number of carbonyl (C=O) groups excluding carboxylic acids is 1. The van der Waals surface area contributed by atoms with Crippen LogP contribution in [0.1, 0.15) is 16.7 Å². The summed E-state index contributed by atoms with van der Waals surface area (Å²) in [4.78, 5) is 12.1. The molecule has 0 fully saturated rings. The Kier molecular flexibility index (Phi) is 5.15. The fraction of sp³-hybridized carbons (Fsp3) is 0.278. The van der Waals surface area contributed by atoms with Crippen molar-refractivity contribution in [2.75, 3.05) is 13.3 Å². The lowest BCUT2D eigenvalue weighted by molar-refractivity contribution is -0.120. The summed E-state index contributed by atoms with van der Waals surface area (Å²) in [6.07, 6.45) is 0. The van der Waals surface area contributed by atoms with E-state index in [0.29, 0.717) is 17.1 Å². The molecule has 7 nitrogen and oxygen atoms in total. The van der Waals surface area contributed by atoms with Crippen molar-refractivity contribution in [1.82, 2.24) is 10.0 Å². The minimum Gasteiger partial charge on any atom is -0.454 e. The van der Waals surface area contributed by atoms with Crippen molar-refractivity contribution in [3.8, 4) is 11.5 Å². The van der Waals surface area contributed by atoms with Gasteiger partial charge in [-0.3, -0.25) is 4.79 Å². The Morgan fingerprint density at radius 2 is 1.85 bits per heavy atom. The maximum Gasteiger partial charge on any atom is 0.241 e. The fourth-order valence-electron chi connectivity index (χ4n) is 2.65. The van der Waals surface area contributed by atoms with Gasteiger partial charge in [0.2, 0.25) is 22.7 Å². The summed E-state index contributed by atoms with van der Waals surface area (Å²) in [5, 5.41) is 2.68. The summed E-state index contributed by atoms with van der Waals surface area (Å²) in [5.74, 6) is 0.879. The highest BCUT2D eigenvalue weighted by Crippen LogP contribution is 2.32. The first kappa shape index (κ1) is 18.2. The third kappa shape index (κ3) is 4.14. The molecular formula is C18H20N2O5S.